The van der Waals surface area contributed by atoms with E-state index >= 15 is 0 Å². The fourth-order valence-electron chi connectivity index (χ4n) is 1.26. The van der Waals surface area contributed by atoms with Crippen molar-refractivity contribution in [2.45, 2.75) is 26.7 Å². The number of rotatable bonds is 7. The van der Waals surface area contributed by atoms with Crippen LogP contribution in [0.15, 0.2) is 16.7 Å². The van der Waals surface area contributed by atoms with Crippen LogP contribution in [0.2, 0.25) is 0 Å². The van der Waals surface area contributed by atoms with Crippen molar-refractivity contribution in [1.82, 2.24) is 15.0 Å². The van der Waals surface area contributed by atoms with Crippen LogP contribution in [0.25, 0.3) is 0 Å². The van der Waals surface area contributed by atoms with Crippen LogP contribution in [-0.2, 0) is 0 Å². The molecule has 0 atom stereocenters. The van der Waals surface area contributed by atoms with E-state index in [4.69, 9.17) is 5.73 Å². The van der Waals surface area contributed by atoms with Gasteiger partial charge in [-0.3, -0.25) is 9.80 Å². The molecule has 0 unspecified atom stereocenters. The summed E-state index contributed by atoms with van der Waals surface area (Å²) in [5.41, 5.74) is 5.33. The molecule has 1 amide bonds. The number of carbonyl (C=O) groups excluding carboxylic acids is 1. The molecule has 3 N–H and O–H groups in total. The maximum atomic E-state index is 11.0. The van der Waals surface area contributed by atoms with Crippen LogP contribution >= 0.6 is 0 Å². The van der Waals surface area contributed by atoms with Gasteiger partial charge >= 0.3 is 0 Å². The number of unbranched alkanes of at least 4 members (excludes halogenated alkanes) is 1. The predicted octanol–water partition coefficient (Wildman–Crippen LogP) is 1.63. The highest BCUT2D eigenvalue weighted by Crippen LogP contribution is 2.13. The second kappa shape index (κ2) is 6.62. The first kappa shape index (κ1) is 13.1. The SMILES string of the molecule is CCCCN(CC)/N=N/c1nc[nH]c1C(N)=O. The third-order valence-corrected chi connectivity index (χ3v) is 2.27. The molecule has 1 rings (SSSR count). The molecule has 1 heterocycles. The third kappa shape index (κ3) is 3.86. The summed E-state index contributed by atoms with van der Waals surface area (Å²) in [6, 6.07) is 0. The van der Waals surface area contributed by atoms with Gasteiger partial charge < -0.3 is 10.7 Å². The predicted molar refractivity (Wildman–Crippen MR) is 63.8 cm³/mol. The van der Waals surface area contributed by atoms with E-state index in [1.807, 2.05) is 11.9 Å². The molecular formula is C10H18N6O. The number of imidazole rings is 1. The molecule has 0 bridgehead atoms. The first-order valence-corrected chi connectivity index (χ1v) is 5.68. The number of aromatic amines is 1. The summed E-state index contributed by atoms with van der Waals surface area (Å²) in [5.74, 6) is -0.361. The molecule has 7 nitrogen and oxygen atoms in total. The molecule has 0 aliphatic carbocycles. The number of nitrogens with two attached hydrogens (primary N) is 1. The molecule has 0 aromatic carbocycles. The van der Waals surface area contributed by atoms with Crippen molar-refractivity contribution in [3.63, 3.8) is 0 Å². The van der Waals surface area contributed by atoms with E-state index in [0.717, 1.165) is 25.9 Å². The maximum absolute atomic E-state index is 11.0. The van der Waals surface area contributed by atoms with E-state index in [-0.39, 0.29) is 11.5 Å². The minimum absolute atomic E-state index is 0.181. The van der Waals surface area contributed by atoms with Gasteiger partial charge in [0.05, 0.1) is 6.33 Å². The highest BCUT2D eigenvalue weighted by molar-refractivity contribution is 5.94. The summed E-state index contributed by atoms with van der Waals surface area (Å²) in [7, 11) is 0. The molecule has 0 aliphatic rings. The van der Waals surface area contributed by atoms with E-state index in [9.17, 15) is 4.79 Å². The molecule has 1 aromatic rings. The lowest BCUT2D eigenvalue weighted by molar-refractivity contribution is 0.0996. The fraction of sp³-hybridized carbons (Fsp3) is 0.600. The lowest BCUT2D eigenvalue weighted by atomic mass is 10.3. The standard InChI is InChI=1S/C10H18N6O/c1-3-5-6-16(4-2)15-14-10-8(9(11)17)12-7-13-10/h7H,3-6H2,1-2H3,(H2,11,17)(H,12,13)/b15-14+. The number of hydrogen-bond acceptors (Lipinski definition) is 4. The Morgan fingerprint density at radius 2 is 2.35 bits per heavy atom. The van der Waals surface area contributed by atoms with Crippen LogP contribution in [0.3, 0.4) is 0 Å². The lowest BCUT2D eigenvalue weighted by Crippen LogP contribution is -2.17. The summed E-state index contributed by atoms with van der Waals surface area (Å²) in [4.78, 5) is 17.5. The average molecular weight is 238 g/mol. The van der Waals surface area contributed by atoms with E-state index in [0.29, 0.717) is 0 Å². The Morgan fingerprint density at radius 3 is 2.94 bits per heavy atom. The molecule has 1 aromatic heterocycles. The molecule has 0 radical (unpaired) electrons. The largest absolute Gasteiger partial charge is 0.364 e. The van der Waals surface area contributed by atoms with Crippen molar-refractivity contribution < 1.29 is 4.79 Å². The number of nitrogens with one attached hydrogen (secondary N) is 1. The number of amides is 1. The average Bonchev–Trinajstić information content (AvgIpc) is 2.78. The zero-order chi connectivity index (χ0) is 12.7. The van der Waals surface area contributed by atoms with E-state index < -0.39 is 5.91 Å². The van der Waals surface area contributed by atoms with Crippen molar-refractivity contribution in [2.24, 2.45) is 16.1 Å². The molecule has 0 aliphatic heterocycles. The smallest absolute Gasteiger partial charge is 0.269 e. The zero-order valence-electron chi connectivity index (χ0n) is 10.2. The summed E-state index contributed by atoms with van der Waals surface area (Å²) in [6.45, 7) is 5.71. The Hall–Kier alpha value is -1.92. The summed E-state index contributed by atoms with van der Waals surface area (Å²) in [6.07, 6.45) is 3.52. The van der Waals surface area contributed by atoms with Gasteiger partial charge in [-0.15, -0.1) is 5.11 Å². The van der Waals surface area contributed by atoms with Gasteiger partial charge in [0, 0.05) is 13.1 Å². The quantitative estimate of drug-likeness (QED) is 0.557. The first-order valence-electron chi connectivity index (χ1n) is 5.68. The van der Waals surface area contributed by atoms with Crippen molar-refractivity contribution >= 4 is 11.7 Å². The van der Waals surface area contributed by atoms with Crippen molar-refractivity contribution in [3.05, 3.63) is 12.0 Å². The van der Waals surface area contributed by atoms with Gasteiger partial charge in [0.1, 0.15) is 0 Å². The van der Waals surface area contributed by atoms with Crippen LogP contribution in [0, 0.1) is 0 Å². The number of carbonyl (C=O) groups is 1. The van der Waals surface area contributed by atoms with Crippen molar-refractivity contribution in [1.29, 1.82) is 0 Å². The number of H-pyrrole nitrogens is 1. The Kier molecular flexibility index (Phi) is 5.12. The molecular weight excluding hydrogens is 220 g/mol. The molecule has 0 saturated heterocycles. The topological polar surface area (TPSA) is 99.7 Å². The van der Waals surface area contributed by atoms with Gasteiger partial charge in [0.15, 0.2) is 5.69 Å². The molecule has 7 heteroatoms. The molecule has 0 spiro atoms. The molecule has 94 valence electrons. The Morgan fingerprint density at radius 1 is 1.59 bits per heavy atom. The Balaban J connectivity index is 2.67. The van der Waals surface area contributed by atoms with Crippen LogP contribution < -0.4 is 5.73 Å². The van der Waals surface area contributed by atoms with Crippen LogP contribution in [-0.4, -0.2) is 34.0 Å². The highest BCUT2D eigenvalue weighted by Gasteiger charge is 2.10. The maximum Gasteiger partial charge on any atom is 0.269 e. The molecule has 17 heavy (non-hydrogen) atoms. The van der Waals surface area contributed by atoms with Crippen LogP contribution in [0.5, 0.6) is 0 Å². The normalized spacial score (nSPS) is 10.9. The number of nitrogens with zero attached hydrogens (tertiary/aromatic N) is 4. The lowest BCUT2D eigenvalue weighted by Gasteiger charge is -2.13. The van der Waals surface area contributed by atoms with Crippen molar-refractivity contribution in [2.75, 3.05) is 13.1 Å². The van der Waals surface area contributed by atoms with E-state index in [2.05, 4.69) is 27.2 Å². The van der Waals surface area contributed by atoms with Gasteiger partial charge in [0.25, 0.3) is 5.91 Å². The van der Waals surface area contributed by atoms with E-state index in [1.54, 1.807) is 0 Å². The fourth-order valence-corrected chi connectivity index (χ4v) is 1.26. The minimum Gasteiger partial charge on any atom is -0.364 e. The van der Waals surface area contributed by atoms with Crippen LogP contribution in [0.1, 0.15) is 37.2 Å². The Bertz CT molecular complexity index is 386. The summed E-state index contributed by atoms with van der Waals surface area (Å²) in [5, 5.41) is 9.77. The monoisotopic (exact) mass is 238 g/mol. The third-order valence-electron chi connectivity index (χ3n) is 2.27. The van der Waals surface area contributed by atoms with Gasteiger partial charge in [-0.05, 0) is 13.3 Å². The van der Waals surface area contributed by atoms with Gasteiger partial charge in [-0.25, -0.2) is 4.98 Å². The van der Waals surface area contributed by atoms with E-state index in [1.165, 1.54) is 6.33 Å². The van der Waals surface area contributed by atoms with Crippen LogP contribution in [0.4, 0.5) is 5.82 Å². The minimum atomic E-state index is -0.590. The van der Waals surface area contributed by atoms with Gasteiger partial charge in [0.2, 0.25) is 5.82 Å². The number of hydrogen-bond donors (Lipinski definition) is 2. The van der Waals surface area contributed by atoms with Crippen molar-refractivity contribution in [3.8, 4) is 0 Å². The Labute approximate surface area is 100 Å². The molecule has 0 fully saturated rings. The zero-order valence-corrected chi connectivity index (χ0v) is 10.2. The van der Waals surface area contributed by atoms with Gasteiger partial charge in [-0.1, -0.05) is 18.6 Å². The first-order chi connectivity index (χ1) is 8.19. The second-order valence-corrected chi connectivity index (χ2v) is 3.55. The number of aromatic nitrogens is 2. The summed E-state index contributed by atoms with van der Waals surface area (Å²) < 4.78 is 0. The number of primary amides is 1. The second-order valence-electron chi connectivity index (χ2n) is 3.55. The highest BCUT2D eigenvalue weighted by atomic mass is 16.1. The van der Waals surface area contributed by atoms with Gasteiger partial charge in [-0.2, -0.15) is 0 Å². The molecule has 0 saturated carbocycles. The summed E-state index contributed by atoms with van der Waals surface area (Å²) >= 11 is 0.